The van der Waals surface area contributed by atoms with Crippen molar-refractivity contribution in [2.45, 2.75) is 5.75 Å². The fourth-order valence-electron chi connectivity index (χ4n) is 1.61. The molecule has 0 saturated heterocycles. The molecule has 0 fully saturated rings. The molecule has 0 bridgehead atoms. The third-order valence-electron chi connectivity index (χ3n) is 2.28. The van der Waals surface area contributed by atoms with Gasteiger partial charge in [-0.2, -0.15) is 0 Å². The quantitative estimate of drug-likeness (QED) is 0.860. The lowest BCUT2D eigenvalue weighted by Crippen LogP contribution is -1.98. The number of fused-ring (bicyclic) bond motifs is 1. The monoisotopic (exact) mass is 259 g/mol. The number of rotatable bonds is 3. The fraction of sp³-hybridized carbons (Fsp3) is 0.200. The third kappa shape index (κ3) is 2.31. The lowest BCUT2D eigenvalue weighted by Gasteiger charge is -2.07. The van der Waals surface area contributed by atoms with Crippen molar-refractivity contribution in [3.8, 4) is 5.75 Å². The molecule has 0 saturated carbocycles. The number of halogens is 1. The van der Waals surface area contributed by atoms with E-state index in [2.05, 4.69) is 4.98 Å². The van der Waals surface area contributed by atoms with Crippen molar-refractivity contribution in [3.63, 3.8) is 0 Å². The molecule has 0 amide bonds. The lowest BCUT2D eigenvalue weighted by atomic mass is 10.1. The van der Waals surface area contributed by atoms with Crippen molar-refractivity contribution in [3.05, 3.63) is 30.0 Å². The van der Waals surface area contributed by atoms with Crippen molar-refractivity contribution in [1.82, 2.24) is 4.98 Å². The molecule has 6 heteroatoms. The van der Waals surface area contributed by atoms with Crippen LogP contribution in [0, 0.1) is 0 Å². The summed E-state index contributed by atoms with van der Waals surface area (Å²) in [7, 11) is 3.14. The van der Waals surface area contributed by atoms with Crippen LogP contribution in [0.4, 0.5) is 0 Å². The first-order chi connectivity index (χ1) is 7.49. The van der Waals surface area contributed by atoms with Crippen LogP contribution in [0.25, 0.3) is 10.9 Å². The molecule has 86 valence electrons. The van der Waals surface area contributed by atoms with Gasteiger partial charge in [-0.15, -0.1) is 0 Å². The summed E-state index contributed by atoms with van der Waals surface area (Å²) in [6, 6.07) is 5.40. The normalized spacial score (nSPS) is 11.9. The van der Waals surface area contributed by atoms with Crippen LogP contribution in [0.15, 0.2) is 24.4 Å². The van der Waals surface area contributed by atoms with E-state index in [-0.39, 0.29) is 5.75 Å². The molecule has 0 unspecified atom stereocenters. The van der Waals surface area contributed by atoms with Crippen LogP contribution >= 0.6 is 10.7 Å². The molecule has 0 aliphatic heterocycles. The first kappa shape index (κ1) is 11.3. The van der Waals surface area contributed by atoms with Gasteiger partial charge in [0.1, 0.15) is 5.75 Å². The van der Waals surface area contributed by atoms with Crippen LogP contribution in [-0.2, 0) is 14.8 Å². The summed E-state index contributed by atoms with van der Waals surface area (Å²) in [5.41, 5.74) is 1.41. The summed E-state index contributed by atoms with van der Waals surface area (Å²) < 4.78 is 27.2. The minimum absolute atomic E-state index is 0.243. The predicted molar refractivity (Wildman–Crippen MR) is 63.3 cm³/mol. The first-order valence-electron chi connectivity index (χ1n) is 4.56. The number of H-pyrrole nitrogens is 1. The molecule has 0 spiro atoms. The molecule has 1 aromatic heterocycles. The Kier molecular flexibility index (Phi) is 2.82. The summed E-state index contributed by atoms with van der Waals surface area (Å²) in [6.07, 6.45) is 1.78. The second kappa shape index (κ2) is 3.99. The van der Waals surface area contributed by atoms with Gasteiger partial charge in [0.2, 0.25) is 9.05 Å². The zero-order valence-corrected chi connectivity index (χ0v) is 10.1. The van der Waals surface area contributed by atoms with E-state index in [0.29, 0.717) is 11.3 Å². The molecule has 0 radical (unpaired) electrons. The highest BCUT2D eigenvalue weighted by atomic mass is 35.7. The van der Waals surface area contributed by atoms with Crippen LogP contribution in [0.2, 0.25) is 0 Å². The zero-order valence-electron chi connectivity index (χ0n) is 8.53. The maximum atomic E-state index is 11.0. The third-order valence-corrected chi connectivity index (χ3v) is 3.27. The van der Waals surface area contributed by atoms with Gasteiger partial charge < -0.3 is 9.72 Å². The van der Waals surface area contributed by atoms with Gasteiger partial charge in [-0.05, 0) is 18.2 Å². The second-order valence-electron chi connectivity index (χ2n) is 3.41. The number of aromatic nitrogens is 1. The Morgan fingerprint density at radius 2 is 2.19 bits per heavy atom. The van der Waals surface area contributed by atoms with Crippen molar-refractivity contribution in [2.24, 2.45) is 0 Å². The van der Waals surface area contributed by atoms with Gasteiger partial charge in [0.25, 0.3) is 0 Å². The van der Waals surface area contributed by atoms with Crippen molar-refractivity contribution >= 4 is 30.6 Å². The minimum atomic E-state index is -3.58. The Morgan fingerprint density at radius 1 is 1.44 bits per heavy atom. The summed E-state index contributed by atoms with van der Waals surface area (Å²) >= 11 is 0. The molecule has 4 nitrogen and oxygen atoms in total. The smallest absolute Gasteiger partial charge is 0.236 e. The number of aromatic amines is 1. The van der Waals surface area contributed by atoms with Gasteiger partial charge in [0.15, 0.2) is 0 Å². The van der Waals surface area contributed by atoms with Crippen LogP contribution in [0.5, 0.6) is 5.75 Å². The molecule has 1 aromatic carbocycles. The van der Waals surface area contributed by atoms with E-state index in [1.54, 1.807) is 18.3 Å². The molecule has 2 aromatic rings. The topological polar surface area (TPSA) is 59.2 Å². The molecule has 0 atom stereocenters. The fourth-order valence-corrected chi connectivity index (χ4v) is 2.56. The van der Waals surface area contributed by atoms with Crippen LogP contribution in [-0.4, -0.2) is 20.5 Å². The standard InChI is InChI=1S/C10H10ClNO3S/c1-15-10-5-7-2-3-12-9(7)4-8(10)6-16(11,13)14/h2-5,12H,6H2,1H3. The number of nitrogens with one attached hydrogen (secondary N) is 1. The number of ether oxygens (including phenoxy) is 1. The molecular weight excluding hydrogens is 250 g/mol. The van der Waals surface area contributed by atoms with Gasteiger partial charge in [-0.3, -0.25) is 0 Å². The second-order valence-corrected chi connectivity index (χ2v) is 6.19. The molecule has 0 aliphatic rings. The van der Waals surface area contributed by atoms with E-state index < -0.39 is 9.05 Å². The Hall–Kier alpha value is -1.20. The van der Waals surface area contributed by atoms with Gasteiger partial charge in [-0.1, -0.05) is 0 Å². The molecular formula is C10H10ClNO3S. The number of hydrogen-bond acceptors (Lipinski definition) is 3. The lowest BCUT2D eigenvalue weighted by molar-refractivity contribution is 0.411. The summed E-state index contributed by atoms with van der Waals surface area (Å²) in [6.45, 7) is 0. The summed E-state index contributed by atoms with van der Waals surface area (Å²) in [4.78, 5) is 3.00. The van der Waals surface area contributed by atoms with E-state index in [1.165, 1.54) is 7.11 Å². The number of methoxy groups -OCH3 is 1. The van der Waals surface area contributed by atoms with Gasteiger partial charge >= 0.3 is 0 Å². The molecule has 2 rings (SSSR count). The van der Waals surface area contributed by atoms with Gasteiger partial charge in [0, 0.05) is 33.3 Å². The van der Waals surface area contributed by atoms with Crippen molar-refractivity contribution in [1.29, 1.82) is 0 Å². The summed E-state index contributed by atoms with van der Waals surface area (Å²) in [5.74, 6) is 0.281. The molecule has 1 heterocycles. The maximum Gasteiger partial charge on any atom is 0.236 e. The minimum Gasteiger partial charge on any atom is -0.496 e. The predicted octanol–water partition coefficient (Wildman–Crippen LogP) is 2.25. The molecule has 1 N–H and O–H groups in total. The van der Waals surface area contributed by atoms with Crippen LogP contribution in [0.1, 0.15) is 5.56 Å². The van der Waals surface area contributed by atoms with Crippen molar-refractivity contribution in [2.75, 3.05) is 7.11 Å². The summed E-state index contributed by atoms with van der Waals surface area (Å²) in [5, 5.41) is 0.965. The number of hydrogen-bond donors (Lipinski definition) is 1. The largest absolute Gasteiger partial charge is 0.496 e. The number of benzene rings is 1. The average Bonchev–Trinajstić information content (AvgIpc) is 2.60. The van der Waals surface area contributed by atoms with Crippen LogP contribution < -0.4 is 4.74 Å². The zero-order chi connectivity index (χ0) is 11.8. The SMILES string of the molecule is COc1cc2cc[nH]c2cc1CS(=O)(=O)Cl. The van der Waals surface area contributed by atoms with E-state index in [4.69, 9.17) is 15.4 Å². The van der Waals surface area contributed by atoms with E-state index in [0.717, 1.165) is 10.9 Å². The van der Waals surface area contributed by atoms with E-state index >= 15 is 0 Å². The molecule has 16 heavy (non-hydrogen) atoms. The average molecular weight is 260 g/mol. The Balaban J connectivity index is 2.57. The molecule has 0 aliphatic carbocycles. The maximum absolute atomic E-state index is 11.0. The highest BCUT2D eigenvalue weighted by molar-refractivity contribution is 8.13. The Morgan fingerprint density at radius 3 is 2.81 bits per heavy atom. The Bertz CT molecular complexity index is 618. The van der Waals surface area contributed by atoms with Gasteiger partial charge in [0.05, 0.1) is 12.9 Å². The highest BCUT2D eigenvalue weighted by Crippen LogP contribution is 2.27. The van der Waals surface area contributed by atoms with Gasteiger partial charge in [-0.25, -0.2) is 8.42 Å². The van der Waals surface area contributed by atoms with Crippen molar-refractivity contribution < 1.29 is 13.2 Å². The first-order valence-corrected chi connectivity index (χ1v) is 7.04. The Labute approximate surface area is 97.6 Å². The van der Waals surface area contributed by atoms with E-state index in [1.807, 2.05) is 6.07 Å². The van der Waals surface area contributed by atoms with E-state index in [9.17, 15) is 8.42 Å². The van der Waals surface area contributed by atoms with Crippen LogP contribution in [0.3, 0.4) is 0 Å². The highest BCUT2D eigenvalue weighted by Gasteiger charge is 2.13.